The molecule has 0 N–H and O–H groups in total. The zero-order chi connectivity index (χ0) is 13.7. The van der Waals surface area contributed by atoms with Gasteiger partial charge in [-0.2, -0.15) is 0 Å². The minimum absolute atomic E-state index is 0.166. The molecule has 2 aliphatic rings. The number of nitrogens with zero attached hydrogens (tertiary/aromatic N) is 2. The van der Waals surface area contributed by atoms with Gasteiger partial charge in [0.2, 0.25) is 5.91 Å². The number of carbonyl (C=O) groups is 2. The van der Waals surface area contributed by atoms with Crippen molar-refractivity contribution in [2.45, 2.75) is 32.6 Å². The third-order valence-corrected chi connectivity index (χ3v) is 4.02. The molecule has 0 aromatic rings. The van der Waals surface area contributed by atoms with E-state index in [9.17, 15) is 9.59 Å². The average Bonchev–Trinajstić information content (AvgIpc) is 2.78. The molecule has 0 saturated carbocycles. The summed E-state index contributed by atoms with van der Waals surface area (Å²) >= 11 is 0. The van der Waals surface area contributed by atoms with E-state index < -0.39 is 0 Å². The Hall–Kier alpha value is -1.10. The molecule has 0 unspecified atom stereocenters. The molecule has 2 aliphatic heterocycles. The summed E-state index contributed by atoms with van der Waals surface area (Å²) in [4.78, 5) is 27.0. The first kappa shape index (κ1) is 14.3. The predicted molar refractivity (Wildman–Crippen MR) is 71.6 cm³/mol. The largest absolute Gasteiger partial charge is 0.463 e. The molecule has 0 bridgehead atoms. The molecule has 108 valence electrons. The molecule has 0 aliphatic carbocycles. The van der Waals surface area contributed by atoms with Gasteiger partial charge in [0.15, 0.2) is 0 Å². The Kier molecular flexibility index (Phi) is 5.19. The molecule has 0 aromatic carbocycles. The van der Waals surface area contributed by atoms with Crippen molar-refractivity contribution < 1.29 is 14.3 Å². The third-order valence-electron chi connectivity index (χ3n) is 4.02. The van der Waals surface area contributed by atoms with Crippen molar-refractivity contribution in [3.63, 3.8) is 0 Å². The summed E-state index contributed by atoms with van der Waals surface area (Å²) < 4.78 is 5.21. The van der Waals surface area contributed by atoms with Crippen molar-refractivity contribution >= 4 is 11.9 Å². The molecule has 5 nitrogen and oxygen atoms in total. The lowest BCUT2D eigenvalue weighted by Gasteiger charge is -2.29. The summed E-state index contributed by atoms with van der Waals surface area (Å²) in [5, 5.41) is 0. The molecule has 1 amide bonds. The van der Waals surface area contributed by atoms with E-state index in [2.05, 4.69) is 11.8 Å². The summed E-state index contributed by atoms with van der Waals surface area (Å²) in [7, 11) is 0. The van der Waals surface area contributed by atoms with Gasteiger partial charge in [0.1, 0.15) is 6.61 Å². The zero-order valence-corrected chi connectivity index (χ0v) is 11.8. The maximum Gasteiger partial charge on any atom is 0.320 e. The van der Waals surface area contributed by atoms with Crippen LogP contribution in [0.3, 0.4) is 0 Å². The molecule has 0 radical (unpaired) electrons. The lowest BCUT2D eigenvalue weighted by atomic mass is 9.99. The Labute approximate surface area is 114 Å². The third kappa shape index (κ3) is 4.49. The summed E-state index contributed by atoms with van der Waals surface area (Å²) in [6, 6.07) is 0. The first-order chi connectivity index (χ1) is 9.15. The van der Waals surface area contributed by atoms with Crippen LogP contribution in [-0.2, 0) is 14.3 Å². The van der Waals surface area contributed by atoms with Crippen LogP contribution in [0.5, 0.6) is 0 Å². The van der Waals surface area contributed by atoms with E-state index in [1.54, 1.807) is 4.90 Å². The van der Waals surface area contributed by atoms with E-state index in [0.29, 0.717) is 26.1 Å². The van der Waals surface area contributed by atoms with Crippen LogP contribution in [0.2, 0.25) is 0 Å². The maximum atomic E-state index is 11.7. The van der Waals surface area contributed by atoms with Gasteiger partial charge in [-0.05, 0) is 38.3 Å². The molecule has 2 fully saturated rings. The van der Waals surface area contributed by atoms with Gasteiger partial charge in [0.05, 0.1) is 13.1 Å². The second-order valence-corrected chi connectivity index (χ2v) is 5.66. The van der Waals surface area contributed by atoms with Crippen LogP contribution in [0.25, 0.3) is 0 Å². The van der Waals surface area contributed by atoms with Gasteiger partial charge in [-0.15, -0.1) is 0 Å². The second kappa shape index (κ2) is 6.89. The molecule has 0 spiro atoms. The van der Waals surface area contributed by atoms with Crippen LogP contribution in [0.15, 0.2) is 0 Å². The quantitative estimate of drug-likeness (QED) is 0.695. The van der Waals surface area contributed by atoms with Crippen molar-refractivity contribution in [3.8, 4) is 0 Å². The minimum Gasteiger partial charge on any atom is -0.463 e. The number of piperidine rings is 1. The van der Waals surface area contributed by atoms with Crippen molar-refractivity contribution in [2.24, 2.45) is 5.92 Å². The highest BCUT2D eigenvalue weighted by molar-refractivity contribution is 5.78. The molecule has 2 saturated heterocycles. The Morgan fingerprint density at radius 2 is 2.05 bits per heavy atom. The Bertz CT molecular complexity index is 325. The number of amides is 1. The van der Waals surface area contributed by atoms with Gasteiger partial charge in [0, 0.05) is 13.0 Å². The summed E-state index contributed by atoms with van der Waals surface area (Å²) in [5.41, 5.74) is 0. The van der Waals surface area contributed by atoms with Crippen LogP contribution in [0, 0.1) is 5.92 Å². The number of esters is 1. The van der Waals surface area contributed by atoms with Gasteiger partial charge in [-0.25, -0.2) is 0 Å². The van der Waals surface area contributed by atoms with Gasteiger partial charge in [-0.3, -0.25) is 14.5 Å². The van der Waals surface area contributed by atoms with Crippen molar-refractivity contribution in [3.05, 3.63) is 0 Å². The standard InChI is InChI=1S/C14H24N2O3/c1-12-4-7-15(8-5-12)11-14(18)19-10-9-16-6-2-3-13(16)17/h12H,2-11H2,1H3. The van der Waals surface area contributed by atoms with E-state index in [-0.39, 0.29) is 11.9 Å². The van der Waals surface area contributed by atoms with Gasteiger partial charge in [0.25, 0.3) is 0 Å². The van der Waals surface area contributed by atoms with Gasteiger partial charge < -0.3 is 9.64 Å². The molecule has 2 rings (SSSR count). The molecular formula is C14H24N2O3. The fraction of sp³-hybridized carbons (Fsp3) is 0.857. The van der Waals surface area contributed by atoms with Crippen LogP contribution >= 0.6 is 0 Å². The normalized spacial score (nSPS) is 21.9. The molecule has 5 heteroatoms. The summed E-state index contributed by atoms with van der Waals surface area (Å²) in [6.07, 6.45) is 3.89. The SMILES string of the molecule is CC1CCN(CC(=O)OCCN2CCCC2=O)CC1. The minimum atomic E-state index is -0.166. The van der Waals surface area contributed by atoms with E-state index in [1.165, 1.54) is 0 Å². The highest BCUT2D eigenvalue weighted by Gasteiger charge is 2.21. The smallest absolute Gasteiger partial charge is 0.320 e. The van der Waals surface area contributed by atoms with Crippen LogP contribution in [-0.4, -0.2) is 61.0 Å². The van der Waals surface area contributed by atoms with Crippen molar-refractivity contribution in [1.82, 2.24) is 9.80 Å². The Balaban J connectivity index is 1.58. The van der Waals surface area contributed by atoms with Crippen LogP contribution in [0.4, 0.5) is 0 Å². The molecule has 0 atom stereocenters. The highest BCUT2D eigenvalue weighted by Crippen LogP contribution is 2.15. The van der Waals surface area contributed by atoms with Crippen molar-refractivity contribution in [1.29, 1.82) is 0 Å². The topological polar surface area (TPSA) is 49.9 Å². The van der Waals surface area contributed by atoms with Crippen molar-refractivity contribution in [2.75, 3.05) is 39.3 Å². The van der Waals surface area contributed by atoms with E-state index in [0.717, 1.165) is 44.8 Å². The molecule has 19 heavy (non-hydrogen) atoms. The monoisotopic (exact) mass is 268 g/mol. The molecule has 2 heterocycles. The zero-order valence-electron chi connectivity index (χ0n) is 11.8. The van der Waals surface area contributed by atoms with E-state index in [4.69, 9.17) is 4.74 Å². The fourth-order valence-corrected chi connectivity index (χ4v) is 2.66. The Morgan fingerprint density at radius 3 is 2.68 bits per heavy atom. The first-order valence-electron chi connectivity index (χ1n) is 7.31. The molecular weight excluding hydrogens is 244 g/mol. The fourth-order valence-electron chi connectivity index (χ4n) is 2.66. The predicted octanol–water partition coefficient (Wildman–Crippen LogP) is 0.884. The summed E-state index contributed by atoms with van der Waals surface area (Å²) in [6.45, 7) is 6.29. The number of rotatable bonds is 5. The van der Waals surface area contributed by atoms with E-state index >= 15 is 0 Å². The number of hydrogen-bond acceptors (Lipinski definition) is 4. The first-order valence-corrected chi connectivity index (χ1v) is 7.31. The second-order valence-electron chi connectivity index (χ2n) is 5.66. The molecule has 0 aromatic heterocycles. The van der Waals surface area contributed by atoms with Gasteiger partial charge >= 0.3 is 5.97 Å². The number of carbonyl (C=O) groups excluding carboxylic acids is 2. The van der Waals surface area contributed by atoms with Gasteiger partial charge in [-0.1, -0.05) is 6.92 Å². The highest BCUT2D eigenvalue weighted by atomic mass is 16.5. The number of hydrogen-bond donors (Lipinski definition) is 0. The Morgan fingerprint density at radius 1 is 1.32 bits per heavy atom. The lowest BCUT2D eigenvalue weighted by Crippen LogP contribution is -2.38. The average molecular weight is 268 g/mol. The van der Waals surface area contributed by atoms with Crippen LogP contribution in [0.1, 0.15) is 32.6 Å². The van der Waals surface area contributed by atoms with Crippen LogP contribution < -0.4 is 0 Å². The number of likely N-dealkylation sites (tertiary alicyclic amines) is 2. The maximum absolute atomic E-state index is 11.7. The van der Waals surface area contributed by atoms with E-state index in [1.807, 2.05) is 0 Å². The lowest BCUT2D eigenvalue weighted by molar-refractivity contribution is -0.146. The number of ether oxygens (including phenoxy) is 1. The summed E-state index contributed by atoms with van der Waals surface area (Å²) in [5.74, 6) is 0.788.